The van der Waals surface area contributed by atoms with Gasteiger partial charge < -0.3 is 10.6 Å². The maximum atomic E-state index is 12.1. The van der Waals surface area contributed by atoms with Crippen LogP contribution in [0, 0.1) is 0 Å². The van der Waals surface area contributed by atoms with E-state index >= 15 is 0 Å². The summed E-state index contributed by atoms with van der Waals surface area (Å²) < 4.78 is 0. The van der Waals surface area contributed by atoms with Gasteiger partial charge in [-0.1, -0.05) is 0 Å². The second-order valence-corrected chi connectivity index (χ2v) is 4.25. The zero-order valence-electron chi connectivity index (χ0n) is 10.8. The van der Waals surface area contributed by atoms with E-state index in [4.69, 9.17) is 5.73 Å². The van der Waals surface area contributed by atoms with Gasteiger partial charge in [-0.25, -0.2) is 4.98 Å². The molecule has 2 aromatic rings. The predicted molar refractivity (Wildman–Crippen MR) is 74.6 cm³/mol. The van der Waals surface area contributed by atoms with E-state index in [2.05, 4.69) is 9.97 Å². The van der Waals surface area contributed by atoms with Crippen molar-refractivity contribution in [2.75, 3.05) is 17.7 Å². The predicted octanol–water partition coefficient (Wildman–Crippen LogP) is 1.65. The van der Waals surface area contributed by atoms with E-state index in [0.717, 1.165) is 11.3 Å². The van der Waals surface area contributed by atoms with Gasteiger partial charge in [-0.3, -0.25) is 9.78 Å². The van der Waals surface area contributed by atoms with Crippen LogP contribution in [-0.2, 0) is 11.2 Å². The van der Waals surface area contributed by atoms with E-state index in [0.29, 0.717) is 18.7 Å². The highest BCUT2D eigenvalue weighted by Crippen LogP contribution is 2.14. The van der Waals surface area contributed by atoms with E-state index in [1.807, 2.05) is 12.1 Å². The van der Waals surface area contributed by atoms with Crippen molar-refractivity contribution in [2.24, 2.45) is 0 Å². The van der Waals surface area contributed by atoms with Crippen LogP contribution in [-0.4, -0.2) is 22.9 Å². The number of amides is 1. The molecule has 1 amide bonds. The van der Waals surface area contributed by atoms with Gasteiger partial charge in [0, 0.05) is 25.9 Å². The van der Waals surface area contributed by atoms with E-state index in [1.165, 1.54) is 0 Å². The first-order valence-electron chi connectivity index (χ1n) is 6.04. The smallest absolute Gasteiger partial charge is 0.227 e. The third-order valence-electron chi connectivity index (χ3n) is 2.91. The SMILES string of the molecule is CN(C(=O)CCc1ccncc1)c1ccc(N)nc1. The number of aromatic nitrogens is 2. The van der Waals surface area contributed by atoms with Gasteiger partial charge in [0.2, 0.25) is 5.91 Å². The van der Waals surface area contributed by atoms with E-state index < -0.39 is 0 Å². The highest BCUT2D eigenvalue weighted by Gasteiger charge is 2.11. The summed E-state index contributed by atoms with van der Waals surface area (Å²) >= 11 is 0. The standard InChI is InChI=1S/C14H16N4O/c1-18(12-3-4-13(15)17-10-12)14(19)5-2-11-6-8-16-9-7-11/h3-4,6-10H,2,5H2,1H3,(H2,15,17). The van der Waals surface area contributed by atoms with Crippen molar-refractivity contribution in [3.63, 3.8) is 0 Å². The highest BCUT2D eigenvalue weighted by molar-refractivity contribution is 5.92. The number of anilines is 2. The van der Waals surface area contributed by atoms with Gasteiger partial charge in [0.1, 0.15) is 5.82 Å². The third kappa shape index (κ3) is 3.51. The number of nitrogens with two attached hydrogens (primary N) is 1. The summed E-state index contributed by atoms with van der Waals surface area (Å²) in [5.41, 5.74) is 7.37. The van der Waals surface area contributed by atoms with Gasteiger partial charge in [-0.2, -0.15) is 0 Å². The largest absolute Gasteiger partial charge is 0.384 e. The number of aryl methyl sites for hydroxylation is 1. The number of nitrogen functional groups attached to an aromatic ring is 1. The number of nitrogens with zero attached hydrogens (tertiary/aromatic N) is 3. The van der Waals surface area contributed by atoms with Gasteiger partial charge in [0.15, 0.2) is 0 Å². The lowest BCUT2D eigenvalue weighted by molar-refractivity contribution is -0.118. The Bertz CT molecular complexity index is 539. The van der Waals surface area contributed by atoms with E-state index in [-0.39, 0.29) is 5.91 Å². The van der Waals surface area contributed by atoms with Crippen LogP contribution < -0.4 is 10.6 Å². The molecule has 2 rings (SSSR count). The maximum Gasteiger partial charge on any atom is 0.227 e. The van der Waals surface area contributed by atoms with E-state index in [9.17, 15) is 4.79 Å². The van der Waals surface area contributed by atoms with Crippen molar-refractivity contribution in [1.29, 1.82) is 0 Å². The van der Waals surface area contributed by atoms with Gasteiger partial charge in [-0.15, -0.1) is 0 Å². The Morgan fingerprint density at radius 3 is 2.63 bits per heavy atom. The summed E-state index contributed by atoms with van der Waals surface area (Å²) in [5, 5.41) is 0. The van der Waals surface area contributed by atoms with Crippen LogP contribution >= 0.6 is 0 Å². The Morgan fingerprint density at radius 2 is 2.00 bits per heavy atom. The Balaban J connectivity index is 1.94. The molecular weight excluding hydrogens is 240 g/mol. The van der Waals surface area contributed by atoms with Crippen LogP contribution in [0.4, 0.5) is 11.5 Å². The molecule has 2 N–H and O–H groups in total. The molecule has 0 unspecified atom stereocenters. The summed E-state index contributed by atoms with van der Waals surface area (Å²) in [6, 6.07) is 7.30. The lowest BCUT2D eigenvalue weighted by Gasteiger charge is -2.16. The lowest BCUT2D eigenvalue weighted by atomic mass is 10.1. The molecule has 0 aliphatic carbocycles. The average Bonchev–Trinajstić information content (AvgIpc) is 2.46. The van der Waals surface area contributed by atoms with Gasteiger partial charge in [-0.05, 0) is 36.2 Å². The van der Waals surface area contributed by atoms with Crippen LogP contribution in [0.3, 0.4) is 0 Å². The van der Waals surface area contributed by atoms with Crippen LogP contribution in [0.25, 0.3) is 0 Å². The molecule has 0 aliphatic heterocycles. The number of carbonyl (C=O) groups excluding carboxylic acids is 1. The molecule has 0 aliphatic rings. The fraction of sp³-hybridized carbons (Fsp3) is 0.214. The first kappa shape index (κ1) is 13.0. The first-order chi connectivity index (χ1) is 9.16. The average molecular weight is 256 g/mol. The monoisotopic (exact) mass is 256 g/mol. The summed E-state index contributed by atoms with van der Waals surface area (Å²) in [7, 11) is 1.74. The molecule has 0 atom stereocenters. The number of hydrogen-bond donors (Lipinski definition) is 1. The molecule has 98 valence electrons. The molecule has 0 saturated carbocycles. The first-order valence-corrected chi connectivity index (χ1v) is 6.04. The molecule has 19 heavy (non-hydrogen) atoms. The Labute approximate surface area is 112 Å². The van der Waals surface area contributed by atoms with Crippen LogP contribution in [0.1, 0.15) is 12.0 Å². The molecule has 0 fully saturated rings. The Kier molecular flexibility index (Phi) is 4.07. The van der Waals surface area contributed by atoms with Crippen molar-refractivity contribution in [3.05, 3.63) is 48.4 Å². The summed E-state index contributed by atoms with van der Waals surface area (Å²) in [5.74, 6) is 0.491. The van der Waals surface area contributed by atoms with Crippen molar-refractivity contribution >= 4 is 17.4 Å². The topological polar surface area (TPSA) is 72.1 Å². The Morgan fingerprint density at radius 1 is 1.26 bits per heavy atom. The quantitative estimate of drug-likeness (QED) is 0.902. The second-order valence-electron chi connectivity index (χ2n) is 4.25. The normalized spacial score (nSPS) is 10.2. The van der Waals surface area contributed by atoms with Crippen molar-refractivity contribution in [3.8, 4) is 0 Å². The minimum absolute atomic E-state index is 0.0448. The van der Waals surface area contributed by atoms with Gasteiger partial charge in [0.05, 0.1) is 11.9 Å². The molecule has 5 heteroatoms. The number of hydrogen-bond acceptors (Lipinski definition) is 4. The van der Waals surface area contributed by atoms with Gasteiger partial charge in [0.25, 0.3) is 0 Å². The van der Waals surface area contributed by atoms with Crippen molar-refractivity contribution in [2.45, 2.75) is 12.8 Å². The molecule has 0 bridgehead atoms. The molecule has 5 nitrogen and oxygen atoms in total. The fourth-order valence-corrected chi connectivity index (χ4v) is 1.71. The number of carbonyl (C=O) groups is 1. The number of rotatable bonds is 4. The molecule has 0 saturated heterocycles. The zero-order valence-corrected chi connectivity index (χ0v) is 10.8. The zero-order chi connectivity index (χ0) is 13.7. The molecule has 0 spiro atoms. The van der Waals surface area contributed by atoms with E-state index in [1.54, 1.807) is 42.7 Å². The summed E-state index contributed by atoms with van der Waals surface area (Å²) in [4.78, 5) is 21.6. The van der Waals surface area contributed by atoms with Crippen LogP contribution in [0.2, 0.25) is 0 Å². The highest BCUT2D eigenvalue weighted by atomic mass is 16.2. The number of pyridine rings is 2. The minimum atomic E-state index is 0.0448. The lowest BCUT2D eigenvalue weighted by Crippen LogP contribution is -2.26. The molecule has 2 aromatic heterocycles. The minimum Gasteiger partial charge on any atom is -0.384 e. The van der Waals surface area contributed by atoms with Gasteiger partial charge >= 0.3 is 0 Å². The second kappa shape index (κ2) is 5.95. The Hall–Kier alpha value is -2.43. The summed E-state index contributed by atoms with van der Waals surface area (Å²) in [6.07, 6.45) is 6.21. The molecule has 2 heterocycles. The third-order valence-corrected chi connectivity index (χ3v) is 2.91. The molecule has 0 radical (unpaired) electrons. The van der Waals surface area contributed by atoms with Crippen LogP contribution in [0.15, 0.2) is 42.9 Å². The molecular formula is C14H16N4O. The maximum absolute atomic E-state index is 12.1. The van der Waals surface area contributed by atoms with Crippen LogP contribution in [0.5, 0.6) is 0 Å². The fourth-order valence-electron chi connectivity index (χ4n) is 1.71. The van der Waals surface area contributed by atoms with Crippen molar-refractivity contribution in [1.82, 2.24) is 9.97 Å². The summed E-state index contributed by atoms with van der Waals surface area (Å²) in [6.45, 7) is 0. The van der Waals surface area contributed by atoms with Crippen molar-refractivity contribution < 1.29 is 4.79 Å². The molecule has 0 aromatic carbocycles.